The molecule has 9 nitrogen and oxygen atoms in total. The molecule has 1 fully saturated rings. The molecule has 1 heterocycles. The number of azide groups is 1. The second-order valence-electron chi connectivity index (χ2n) is 13.0. The molecule has 1 saturated carbocycles. The first-order valence-electron chi connectivity index (χ1n) is 14.2. The van der Waals surface area contributed by atoms with Crippen molar-refractivity contribution in [1.82, 2.24) is 9.55 Å². The monoisotopic (exact) mass is 629 g/mol. The third-order valence-electron chi connectivity index (χ3n) is 7.10. The summed E-state index contributed by atoms with van der Waals surface area (Å²) in [5, 5.41) is 4.70. The molecule has 0 amide bonds. The van der Waals surface area contributed by atoms with Crippen LogP contribution in [0.5, 0.6) is 5.75 Å². The normalized spacial score (nSPS) is 18.2. The Bertz CT molecular complexity index is 1160. The standard InChI is InChI=1S/C27H45Cl2N5O4Si2/c1-39(2,3)13-11-35-18-34-23-15-21(28)25(29)27(38-16-20-9-7-8-10-22(20)32-33-30)26(23)31-24(34)17-37-19-36-12-14-40(4,5)6/h15,20,22H,7-14,16-19H2,1-6H3/t20-,22-/m1/s1. The lowest BCUT2D eigenvalue weighted by Crippen LogP contribution is -2.28. The van der Waals surface area contributed by atoms with Gasteiger partial charge >= 0.3 is 0 Å². The fraction of sp³-hybridized carbons (Fsp3) is 0.741. The van der Waals surface area contributed by atoms with E-state index in [1.165, 1.54) is 0 Å². The van der Waals surface area contributed by atoms with Gasteiger partial charge in [-0.05, 0) is 36.5 Å². The molecule has 0 saturated heterocycles. The molecule has 1 aliphatic rings. The first-order chi connectivity index (χ1) is 18.9. The predicted molar refractivity (Wildman–Crippen MR) is 168 cm³/mol. The van der Waals surface area contributed by atoms with Gasteiger partial charge in [-0.3, -0.25) is 0 Å². The van der Waals surface area contributed by atoms with Crippen LogP contribution in [0.4, 0.5) is 0 Å². The van der Waals surface area contributed by atoms with Crippen LogP contribution in [0, 0.1) is 5.92 Å². The van der Waals surface area contributed by atoms with Gasteiger partial charge in [0.15, 0.2) is 5.75 Å². The van der Waals surface area contributed by atoms with E-state index in [9.17, 15) is 0 Å². The number of halogens is 2. The number of hydrogen-bond donors (Lipinski definition) is 0. The van der Waals surface area contributed by atoms with Gasteiger partial charge in [-0.25, -0.2) is 4.98 Å². The Hall–Kier alpha value is -1.31. The molecule has 1 aliphatic carbocycles. The smallest absolute Gasteiger partial charge is 0.167 e. The molecular formula is C27H45Cl2N5O4Si2. The average Bonchev–Trinajstić information content (AvgIpc) is 3.20. The van der Waals surface area contributed by atoms with Crippen molar-refractivity contribution in [2.24, 2.45) is 11.0 Å². The van der Waals surface area contributed by atoms with Crippen molar-refractivity contribution in [3.05, 3.63) is 32.4 Å². The fourth-order valence-corrected chi connectivity index (χ4v) is 6.46. The number of benzene rings is 1. The number of ether oxygens (including phenoxy) is 4. The van der Waals surface area contributed by atoms with Crippen molar-refractivity contribution in [2.75, 3.05) is 26.6 Å². The van der Waals surface area contributed by atoms with Crippen LogP contribution in [0.2, 0.25) is 61.4 Å². The van der Waals surface area contributed by atoms with Crippen LogP contribution in [-0.2, 0) is 27.5 Å². The highest BCUT2D eigenvalue weighted by Gasteiger charge is 2.27. The maximum Gasteiger partial charge on any atom is 0.167 e. The van der Waals surface area contributed by atoms with Crippen LogP contribution < -0.4 is 4.74 Å². The summed E-state index contributed by atoms with van der Waals surface area (Å²) < 4.78 is 26.0. The van der Waals surface area contributed by atoms with Crippen LogP contribution in [0.3, 0.4) is 0 Å². The highest BCUT2D eigenvalue weighted by Crippen LogP contribution is 2.40. The molecular weight excluding hydrogens is 585 g/mol. The number of fused-ring (bicyclic) bond motifs is 1. The molecule has 0 N–H and O–H groups in total. The molecule has 13 heteroatoms. The average molecular weight is 631 g/mol. The van der Waals surface area contributed by atoms with E-state index in [0.717, 1.165) is 43.3 Å². The molecule has 0 radical (unpaired) electrons. The van der Waals surface area contributed by atoms with Gasteiger partial charge in [0.05, 0.1) is 17.1 Å². The Morgan fingerprint density at radius 3 is 2.38 bits per heavy atom. The minimum atomic E-state index is -1.24. The zero-order valence-electron chi connectivity index (χ0n) is 24.8. The highest BCUT2D eigenvalue weighted by atomic mass is 35.5. The summed E-state index contributed by atoms with van der Waals surface area (Å²) in [5.41, 5.74) is 10.4. The molecule has 2 aromatic rings. The minimum absolute atomic E-state index is 0.0885. The molecule has 0 aliphatic heterocycles. The SMILES string of the molecule is C[Si](C)(C)CCOCOCc1nc2c(OC[C@H]3CCCC[C@H]3N=[N+]=[N-])c(Cl)c(Cl)cc2n1COCC[Si](C)(C)C. The van der Waals surface area contributed by atoms with Crippen molar-refractivity contribution < 1.29 is 18.9 Å². The fourth-order valence-electron chi connectivity index (χ4n) is 4.56. The van der Waals surface area contributed by atoms with Crippen molar-refractivity contribution >= 4 is 50.4 Å². The Labute approximate surface area is 250 Å². The molecule has 224 valence electrons. The number of nitrogens with zero attached hydrogens (tertiary/aromatic N) is 5. The van der Waals surface area contributed by atoms with Gasteiger partial charge in [-0.15, -0.1) is 0 Å². The lowest BCUT2D eigenvalue weighted by atomic mass is 9.85. The van der Waals surface area contributed by atoms with Crippen molar-refractivity contribution in [3.8, 4) is 5.75 Å². The second kappa shape index (κ2) is 15.2. The van der Waals surface area contributed by atoms with Crippen LogP contribution >= 0.6 is 23.2 Å². The van der Waals surface area contributed by atoms with Gasteiger partial charge in [-0.2, -0.15) is 0 Å². The minimum Gasteiger partial charge on any atom is -0.489 e. The summed E-state index contributed by atoms with van der Waals surface area (Å²) in [7, 11) is -2.40. The van der Waals surface area contributed by atoms with E-state index < -0.39 is 16.1 Å². The zero-order valence-corrected chi connectivity index (χ0v) is 28.4. The van der Waals surface area contributed by atoms with Gasteiger partial charge in [-0.1, -0.05) is 80.4 Å². The van der Waals surface area contributed by atoms with Gasteiger partial charge in [0, 0.05) is 46.2 Å². The second-order valence-corrected chi connectivity index (χ2v) is 25.0. The summed E-state index contributed by atoms with van der Waals surface area (Å²) in [6.45, 7) is 16.4. The number of imidazole rings is 1. The van der Waals surface area contributed by atoms with E-state index in [1.54, 1.807) is 6.07 Å². The molecule has 40 heavy (non-hydrogen) atoms. The molecule has 1 aromatic carbocycles. The lowest BCUT2D eigenvalue weighted by Gasteiger charge is -2.28. The first kappa shape index (κ1) is 33.2. The maximum atomic E-state index is 9.00. The van der Waals surface area contributed by atoms with Crippen LogP contribution in [0.15, 0.2) is 11.2 Å². The van der Waals surface area contributed by atoms with E-state index >= 15 is 0 Å². The largest absolute Gasteiger partial charge is 0.489 e. The van der Waals surface area contributed by atoms with Crippen molar-refractivity contribution in [1.29, 1.82) is 0 Å². The van der Waals surface area contributed by atoms with Gasteiger partial charge in [0.2, 0.25) is 0 Å². The van der Waals surface area contributed by atoms with Crippen LogP contribution in [0.25, 0.3) is 21.5 Å². The Morgan fingerprint density at radius 2 is 1.70 bits per heavy atom. The number of rotatable bonds is 16. The molecule has 2 atom stereocenters. The lowest BCUT2D eigenvalue weighted by molar-refractivity contribution is -0.0609. The van der Waals surface area contributed by atoms with E-state index in [-0.39, 0.29) is 25.4 Å². The van der Waals surface area contributed by atoms with Gasteiger partial charge in [0.25, 0.3) is 0 Å². The summed E-state index contributed by atoms with van der Waals surface area (Å²) in [6.07, 6.45) is 3.92. The molecule has 0 unspecified atom stereocenters. The number of hydrogen-bond acceptors (Lipinski definition) is 6. The first-order valence-corrected chi connectivity index (χ1v) is 22.3. The quantitative estimate of drug-likeness (QED) is 0.0461. The van der Waals surface area contributed by atoms with Crippen LogP contribution in [0.1, 0.15) is 31.5 Å². The highest BCUT2D eigenvalue weighted by molar-refractivity contribution is 6.76. The van der Waals surface area contributed by atoms with Crippen molar-refractivity contribution in [2.45, 2.75) is 96.4 Å². The topological polar surface area (TPSA) is 103 Å². The Balaban J connectivity index is 1.82. The molecule has 0 bridgehead atoms. The zero-order chi connectivity index (χ0) is 29.3. The predicted octanol–water partition coefficient (Wildman–Crippen LogP) is 8.73. The summed E-state index contributed by atoms with van der Waals surface area (Å²) in [4.78, 5) is 7.93. The van der Waals surface area contributed by atoms with E-state index in [4.69, 9.17) is 52.7 Å². The Morgan fingerprint density at radius 1 is 1.02 bits per heavy atom. The van der Waals surface area contributed by atoms with E-state index in [2.05, 4.69) is 49.3 Å². The molecule has 1 aromatic heterocycles. The maximum absolute atomic E-state index is 9.00. The third kappa shape index (κ3) is 10.2. The van der Waals surface area contributed by atoms with Crippen LogP contribution in [-0.4, -0.2) is 58.4 Å². The van der Waals surface area contributed by atoms with E-state index in [0.29, 0.717) is 53.7 Å². The summed E-state index contributed by atoms with van der Waals surface area (Å²) in [5.74, 6) is 1.23. The molecule has 3 rings (SSSR count). The Kier molecular flexibility index (Phi) is 12.7. The third-order valence-corrected chi connectivity index (χ3v) is 11.3. The van der Waals surface area contributed by atoms with Gasteiger partial charge < -0.3 is 23.5 Å². The summed E-state index contributed by atoms with van der Waals surface area (Å²) >= 11 is 13.3. The summed E-state index contributed by atoms with van der Waals surface area (Å²) in [6, 6.07) is 3.86. The number of aromatic nitrogens is 2. The molecule has 0 spiro atoms. The van der Waals surface area contributed by atoms with E-state index in [1.807, 2.05) is 4.57 Å². The van der Waals surface area contributed by atoms with Crippen molar-refractivity contribution in [3.63, 3.8) is 0 Å². The van der Waals surface area contributed by atoms with Gasteiger partial charge in [0.1, 0.15) is 36.5 Å².